The number of carbonyl (C=O) groups excluding carboxylic acids is 1. The van der Waals surface area contributed by atoms with Gasteiger partial charge in [-0.1, -0.05) is 12.1 Å². The van der Waals surface area contributed by atoms with E-state index in [0.29, 0.717) is 6.42 Å². The number of alkyl halides is 3. The number of halogens is 3. The number of rotatable bonds is 3. The van der Waals surface area contributed by atoms with Crippen LogP contribution in [0.2, 0.25) is 0 Å². The molecule has 1 heterocycles. The maximum atomic E-state index is 12.8. The minimum atomic E-state index is -4.45. The number of carbonyl (C=O) groups is 1. The van der Waals surface area contributed by atoms with Crippen LogP contribution >= 0.6 is 11.8 Å². The lowest BCUT2D eigenvalue weighted by Crippen LogP contribution is -2.21. The number of para-hydroxylation sites is 1. The Hall–Kier alpha value is -1.17. The number of hydrogen-bond acceptors (Lipinski definition) is 2. The minimum absolute atomic E-state index is 0.157. The van der Waals surface area contributed by atoms with Gasteiger partial charge in [0.25, 0.3) is 0 Å². The summed E-state index contributed by atoms with van der Waals surface area (Å²) in [6.45, 7) is 0. The molecule has 1 aliphatic rings. The van der Waals surface area contributed by atoms with Gasteiger partial charge in [-0.25, -0.2) is 0 Å². The van der Waals surface area contributed by atoms with Gasteiger partial charge in [-0.2, -0.15) is 24.9 Å². The van der Waals surface area contributed by atoms with Crippen molar-refractivity contribution in [1.82, 2.24) is 0 Å². The summed E-state index contributed by atoms with van der Waals surface area (Å²) in [6, 6.07) is 5.07. The Balaban J connectivity index is 2.00. The van der Waals surface area contributed by atoms with Crippen LogP contribution in [0.5, 0.6) is 0 Å². The van der Waals surface area contributed by atoms with Crippen molar-refractivity contribution >= 4 is 23.4 Å². The molecule has 1 amide bonds. The molecular weight excluding hydrogens is 287 g/mol. The van der Waals surface area contributed by atoms with Crippen LogP contribution in [0.4, 0.5) is 18.9 Å². The summed E-state index contributed by atoms with van der Waals surface area (Å²) < 4.78 is 38.4. The first-order chi connectivity index (χ1) is 9.47. The standard InChI is InChI=1S/C14H16F3NOS/c15-14(16,17)11-3-1-2-4-12(11)18-13(19)9-10-5-7-20-8-6-10/h1-4,10H,5-9H2,(H,18,19). The molecule has 1 fully saturated rings. The zero-order valence-electron chi connectivity index (χ0n) is 10.9. The van der Waals surface area contributed by atoms with Crippen molar-refractivity contribution in [2.45, 2.75) is 25.4 Å². The summed E-state index contributed by atoms with van der Waals surface area (Å²) in [5, 5.41) is 2.40. The second kappa shape index (κ2) is 6.52. The Morgan fingerprint density at radius 1 is 1.25 bits per heavy atom. The lowest BCUT2D eigenvalue weighted by molar-refractivity contribution is -0.137. The van der Waals surface area contributed by atoms with E-state index in [4.69, 9.17) is 0 Å². The summed E-state index contributed by atoms with van der Waals surface area (Å²) in [5.41, 5.74) is -0.956. The van der Waals surface area contributed by atoms with Crippen molar-refractivity contribution < 1.29 is 18.0 Å². The lowest BCUT2D eigenvalue weighted by Gasteiger charge is -2.21. The highest BCUT2D eigenvalue weighted by Gasteiger charge is 2.33. The minimum Gasteiger partial charge on any atom is -0.325 e. The Morgan fingerprint density at radius 3 is 2.55 bits per heavy atom. The van der Waals surface area contributed by atoms with Crippen molar-refractivity contribution in [1.29, 1.82) is 0 Å². The number of hydrogen-bond donors (Lipinski definition) is 1. The van der Waals surface area contributed by atoms with Gasteiger partial charge in [0.05, 0.1) is 11.3 Å². The Morgan fingerprint density at radius 2 is 1.90 bits per heavy atom. The maximum absolute atomic E-state index is 12.8. The molecule has 1 aromatic carbocycles. The number of thioether (sulfide) groups is 1. The predicted molar refractivity (Wildman–Crippen MR) is 74.7 cm³/mol. The first-order valence-electron chi connectivity index (χ1n) is 6.50. The van der Waals surface area contributed by atoms with Gasteiger partial charge in [0.2, 0.25) is 5.91 Å². The van der Waals surface area contributed by atoms with Crippen LogP contribution in [-0.4, -0.2) is 17.4 Å². The molecule has 1 aromatic rings. The van der Waals surface area contributed by atoms with Gasteiger partial charge in [-0.3, -0.25) is 4.79 Å². The van der Waals surface area contributed by atoms with Gasteiger partial charge in [0.15, 0.2) is 0 Å². The van der Waals surface area contributed by atoms with Crippen LogP contribution in [-0.2, 0) is 11.0 Å². The topological polar surface area (TPSA) is 29.1 Å². The Kier molecular flexibility index (Phi) is 4.96. The van der Waals surface area contributed by atoms with E-state index in [0.717, 1.165) is 30.4 Å². The van der Waals surface area contributed by atoms with Gasteiger partial charge in [-0.05, 0) is 42.4 Å². The molecule has 20 heavy (non-hydrogen) atoms. The molecule has 0 unspecified atom stereocenters. The molecule has 0 atom stereocenters. The maximum Gasteiger partial charge on any atom is 0.418 e. The molecule has 1 saturated heterocycles. The predicted octanol–water partition coefficient (Wildman–Crippen LogP) is 4.18. The zero-order valence-corrected chi connectivity index (χ0v) is 11.7. The summed E-state index contributed by atoms with van der Waals surface area (Å²) in [6.07, 6.45) is -2.24. The summed E-state index contributed by atoms with van der Waals surface area (Å²) >= 11 is 1.86. The highest BCUT2D eigenvalue weighted by atomic mass is 32.2. The second-order valence-electron chi connectivity index (χ2n) is 4.85. The van der Waals surface area contributed by atoms with Crippen LogP contribution in [0.3, 0.4) is 0 Å². The fourth-order valence-corrected chi connectivity index (χ4v) is 3.46. The molecule has 0 radical (unpaired) electrons. The van der Waals surface area contributed by atoms with Crippen molar-refractivity contribution in [3.8, 4) is 0 Å². The van der Waals surface area contributed by atoms with Gasteiger partial charge < -0.3 is 5.32 Å². The molecule has 0 saturated carbocycles. The third-order valence-electron chi connectivity index (χ3n) is 3.32. The van der Waals surface area contributed by atoms with Crippen LogP contribution in [0.1, 0.15) is 24.8 Å². The lowest BCUT2D eigenvalue weighted by atomic mass is 9.98. The average Bonchev–Trinajstić information content (AvgIpc) is 2.39. The van der Waals surface area contributed by atoms with Crippen LogP contribution < -0.4 is 5.32 Å². The third-order valence-corrected chi connectivity index (χ3v) is 4.37. The van der Waals surface area contributed by atoms with Crippen molar-refractivity contribution in [3.63, 3.8) is 0 Å². The quantitative estimate of drug-likeness (QED) is 0.907. The number of benzene rings is 1. The van der Waals surface area contributed by atoms with E-state index in [2.05, 4.69) is 5.32 Å². The molecule has 1 N–H and O–H groups in total. The zero-order chi connectivity index (χ0) is 14.6. The molecule has 1 aliphatic heterocycles. The van der Waals surface area contributed by atoms with E-state index in [9.17, 15) is 18.0 Å². The van der Waals surface area contributed by atoms with Gasteiger partial charge >= 0.3 is 6.18 Å². The molecule has 2 rings (SSSR count). The van der Waals surface area contributed by atoms with Crippen LogP contribution in [0, 0.1) is 5.92 Å². The van der Waals surface area contributed by atoms with E-state index in [1.165, 1.54) is 18.2 Å². The van der Waals surface area contributed by atoms with E-state index >= 15 is 0 Å². The van der Waals surface area contributed by atoms with Gasteiger partial charge in [0, 0.05) is 6.42 Å². The summed E-state index contributed by atoms with van der Waals surface area (Å²) in [7, 11) is 0. The highest BCUT2D eigenvalue weighted by molar-refractivity contribution is 7.99. The van der Waals surface area contributed by atoms with Gasteiger partial charge in [0.1, 0.15) is 0 Å². The van der Waals surface area contributed by atoms with Crippen molar-refractivity contribution in [2.24, 2.45) is 5.92 Å². The highest BCUT2D eigenvalue weighted by Crippen LogP contribution is 2.35. The smallest absolute Gasteiger partial charge is 0.325 e. The fraction of sp³-hybridized carbons (Fsp3) is 0.500. The van der Waals surface area contributed by atoms with E-state index in [1.54, 1.807) is 0 Å². The summed E-state index contributed by atoms with van der Waals surface area (Å²) in [4.78, 5) is 11.9. The van der Waals surface area contributed by atoms with Crippen LogP contribution in [0.15, 0.2) is 24.3 Å². The fourth-order valence-electron chi connectivity index (χ4n) is 2.25. The molecule has 2 nitrogen and oxygen atoms in total. The van der Waals surface area contributed by atoms with E-state index < -0.39 is 11.7 Å². The van der Waals surface area contributed by atoms with Crippen LogP contribution in [0.25, 0.3) is 0 Å². The largest absolute Gasteiger partial charge is 0.418 e. The van der Waals surface area contributed by atoms with E-state index in [1.807, 2.05) is 11.8 Å². The third kappa shape index (κ3) is 4.16. The molecule has 0 aromatic heterocycles. The van der Waals surface area contributed by atoms with Gasteiger partial charge in [-0.15, -0.1) is 0 Å². The Bertz CT molecular complexity index is 470. The van der Waals surface area contributed by atoms with Crippen molar-refractivity contribution in [2.75, 3.05) is 16.8 Å². The first kappa shape index (κ1) is 15.2. The van der Waals surface area contributed by atoms with Crippen molar-refractivity contribution in [3.05, 3.63) is 29.8 Å². The second-order valence-corrected chi connectivity index (χ2v) is 6.08. The first-order valence-corrected chi connectivity index (χ1v) is 7.66. The molecule has 6 heteroatoms. The molecule has 0 bridgehead atoms. The average molecular weight is 303 g/mol. The molecular formula is C14H16F3NOS. The Labute approximate surface area is 120 Å². The molecule has 0 spiro atoms. The molecule has 0 aliphatic carbocycles. The summed E-state index contributed by atoms with van der Waals surface area (Å²) in [5.74, 6) is 2.00. The van der Waals surface area contributed by atoms with E-state index in [-0.39, 0.29) is 17.5 Å². The number of nitrogens with one attached hydrogen (secondary N) is 1. The SMILES string of the molecule is O=C(CC1CCSCC1)Nc1ccccc1C(F)(F)F. The number of amides is 1. The number of anilines is 1. The normalized spacial score (nSPS) is 16.9. The molecule has 110 valence electrons. The monoisotopic (exact) mass is 303 g/mol.